The number of aliphatic hydroxyl groups excluding tert-OH is 1. The zero-order valence-corrected chi connectivity index (χ0v) is 10.9. The number of aromatic amines is 1. The number of hydrogen-bond donors (Lipinski definition) is 2. The Morgan fingerprint density at radius 1 is 1.47 bits per heavy atom. The molecule has 1 aliphatic heterocycles. The Bertz CT molecular complexity index is 604. The summed E-state index contributed by atoms with van der Waals surface area (Å²) in [6, 6.07) is -0.276. The molecule has 1 fully saturated rings. The van der Waals surface area contributed by atoms with Crippen LogP contribution < -0.4 is 11.2 Å². The van der Waals surface area contributed by atoms with Crippen LogP contribution in [0.3, 0.4) is 0 Å². The molecule has 0 unspecified atom stereocenters. The smallest absolute Gasteiger partial charge is 0.330 e. The van der Waals surface area contributed by atoms with Gasteiger partial charge in [0, 0.05) is 18.7 Å². The van der Waals surface area contributed by atoms with Crippen molar-refractivity contribution in [3.63, 3.8) is 0 Å². The van der Waals surface area contributed by atoms with E-state index in [0.29, 0.717) is 18.4 Å². The van der Waals surface area contributed by atoms with Crippen molar-refractivity contribution >= 4 is 5.91 Å². The van der Waals surface area contributed by atoms with Crippen molar-refractivity contribution in [2.24, 2.45) is 0 Å². The van der Waals surface area contributed by atoms with E-state index in [9.17, 15) is 19.5 Å². The number of H-pyrrole nitrogens is 1. The molecule has 0 spiro atoms. The third-order valence-corrected chi connectivity index (χ3v) is 3.51. The van der Waals surface area contributed by atoms with Crippen LogP contribution in [0, 0.1) is 6.92 Å². The van der Waals surface area contributed by atoms with E-state index in [0.717, 1.165) is 0 Å². The molecule has 104 valence electrons. The van der Waals surface area contributed by atoms with Crippen molar-refractivity contribution in [1.82, 2.24) is 14.5 Å². The van der Waals surface area contributed by atoms with Gasteiger partial charge >= 0.3 is 5.69 Å². The number of aryl methyl sites for hydroxylation is 1. The Morgan fingerprint density at radius 3 is 2.74 bits per heavy atom. The summed E-state index contributed by atoms with van der Waals surface area (Å²) < 4.78 is 1.35. The van der Waals surface area contributed by atoms with E-state index in [1.807, 2.05) is 0 Å². The molecule has 0 aromatic carbocycles. The summed E-state index contributed by atoms with van der Waals surface area (Å²) in [5.41, 5.74) is -0.548. The molecule has 0 bridgehead atoms. The Morgan fingerprint density at radius 2 is 2.16 bits per heavy atom. The fourth-order valence-electron chi connectivity index (χ4n) is 2.59. The zero-order chi connectivity index (χ0) is 14.2. The number of aliphatic hydroxyl groups is 1. The molecule has 1 aromatic rings. The fourth-order valence-corrected chi connectivity index (χ4v) is 2.59. The number of likely N-dealkylation sites (tertiary alicyclic amines) is 1. The molecule has 2 atom stereocenters. The molecule has 0 saturated carbocycles. The molecule has 2 heterocycles. The first-order valence-electron chi connectivity index (χ1n) is 6.17. The molecule has 1 aromatic heterocycles. The van der Waals surface area contributed by atoms with Gasteiger partial charge in [-0.25, -0.2) is 4.79 Å². The highest BCUT2D eigenvalue weighted by Gasteiger charge is 2.36. The van der Waals surface area contributed by atoms with Crippen molar-refractivity contribution in [1.29, 1.82) is 0 Å². The molecular formula is C12H17N3O4. The average molecular weight is 267 g/mol. The van der Waals surface area contributed by atoms with E-state index in [-0.39, 0.29) is 18.6 Å². The van der Waals surface area contributed by atoms with Crippen LogP contribution in [0.2, 0.25) is 0 Å². The van der Waals surface area contributed by atoms with E-state index in [2.05, 4.69) is 4.98 Å². The Balaban J connectivity index is 2.47. The standard InChI is InChI=1S/C12H17N3O4/c1-7-5-14(12(19)13-11(7)18)10-4-3-9(6-16)15(10)8(2)17/h5,9-10,16H,3-4,6H2,1-2H3,(H,13,18,19)/t9-,10+/m0/s1. The molecule has 2 rings (SSSR count). The van der Waals surface area contributed by atoms with Crippen LogP contribution in [0.5, 0.6) is 0 Å². The van der Waals surface area contributed by atoms with Crippen LogP contribution in [0.4, 0.5) is 0 Å². The van der Waals surface area contributed by atoms with Crippen molar-refractivity contribution < 1.29 is 9.90 Å². The minimum Gasteiger partial charge on any atom is -0.394 e. The molecular weight excluding hydrogens is 250 g/mol. The van der Waals surface area contributed by atoms with E-state index in [4.69, 9.17) is 0 Å². The van der Waals surface area contributed by atoms with Gasteiger partial charge in [0.1, 0.15) is 6.17 Å². The summed E-state index contributed by atoms with van der Waals surface area (Å²) in [6.07, 6.45) is 2.22. The maximum Gasteiger partial charge on any atom is 0.330 e. The van der Waals surface area contributed by atoms with E-state index in [1.54, 1.807) is 6.92 Å². The van der Waals surface area contributed by atoms with Gasteiger partial charge in [0.05, 0.1) is 12.6 Å². The largest absolute Gasteiger partial charge is 0.394 e. The highest BCUT2D eigenvalue weighted by molar-refractivity contribution is 5.74. The van der Waals surface area contributed by atoms with Crippen LogP contribution in [-0.4, -0.2) is 38.1 Å². The molecule has 1 aliphatic rings. The molecule has 0 radical (unpaired) electrons. The van der Waals surface area contributed by atoms with Gasteiger partial charge in [-0.15, -0.1) is 0 Å². The Labute approximate surface area is 109 Å². The molecule has 7 heteroatoms. The summed E-state index contributed by atoms with van der Waals surface area (Å²) in [5.74, 6) is -0.197. The maximum absolute atomic E-state index is 11.8. The van der Waals surface area contributed by atoms with Crippen LogP contribution >= 0.6 is 0 Å². The van der Waals surface area contributed by atoms with Gasteiger partial charge < -0.3 is 10.0 Å². The Hall–Kier alpha value is -1.89. The first-order chi connectivity index (χ1) is 8.95. The number of carbonyl (C=O) groups excluding carboxylic acids is 1. The lowest BCUT2D eigenvalue weighted by Gasteiger charge is -2.29. The molecule has 7 nitrogen and oxygen atoms in total. The molecule has 19 heavy (non-hydrogen) atoms. The van der Waals surface area contributed by atoms with Gasteiger partial charge in [-0.05, 0) is 19.8 Å². The van der Waals surface area contributed by atoms with Crippen molar-refractivity contribution in [3.05, 3.63) is 32.6 Å². The lowest BCUT2D eigenvalue weighted by Crippen LogP contribution is -2.44. The summed E-state index contributed by atoms with van der Waals surface area (Å²) >= 11 is 0. The molecule has 1 saturated heterocycles. The zero-order valence-electron chi connectivity index (χ0n) is 10.9. The van der Waals surface area contributed by atoms with Gasteiger partial charge in [0.15, 0.2) is 0 Å². The van der Waals surface area contributed by atoms with Crippen LogP contribution in [0.1, 0.15) is 31.5 Å². The number of hydrogen-bond acceptors (Lipinski definition) is 4. The van der Waals surface area contributed by atoms with Crippen LogP contribution in [0.25, 0.3) is 0 Å². The minimum absolute atomic E-state index is 0.132. The van der Waals surface area contributed by atoms with E-state index in [1.165, 1.54) is 22.6 Å². The molecule has 0 aliphatic carbocycles. The van der Waals surface area contributed by atoms with Crippen LogP contribution in [0.15, 0.2) is 15.8 Å². The second-order valence-corrected chi connectivity index (χ2v) is 4.80. The van der Waals surface area contributed by atoms with E-state index < -0.39 is 17.4 Å². The summed E-state index contributed by atoms with van der Waals surface area (Å²) in [7, 11) is 0. The first-order valence-corrected chi connectivity index (χ1v) is 6.17. The topological polar surface area (TPSA) is 95.4 Å². The van der Waals surface area contributed by atoms with Crippen molar-refractivity contribution in [2.45, 2.75) is 38.9 Å². The maximum atomic E-state index is 11.8. The highest BCUT2D eigenvalue weighted by atomic mass is 16.3. The predicted molar refractivity (Wildman–Crippen MR) is 67.7 cm³/mol. The predicted octanol–water partition coefficient (Wildman–Crippen LogP) is -0.653. The monoisotopic (exact) mass is 267 g/mol. The van der Waals surface area contributed by atoms with Crippen LogP contribution in [-0.2, 0) is 4.79 Å². The normalized spacial score (nSPS) is 22.8. The average Bonchev–Trinajstić information content (AvgIpc) is 2.77. The quantitative estimate of drug-likeness (QED) is 0.744. The number of carbonyl (C=O) groups is 1. The second-order valence-electron chi connectivity index (χ2n) is 4.80. The lowest BCUT2D eigenvalue weighted by molar-refractivity contribution is -0.134. The summed E-state index contributed by atoms with van der Waals surface area (Å²) in [4.78, 5) is 38.6. The highest BCUT2D eigenvalue weighted by Crippen LogP contribution is 2.30. The van der Waals surface area contributed by atoms with E-state index >= 15 is 0 Å². The van der Waals surface area contributed by atoms with Crippen molar-refractivity contribution in [3.8, 4) is 0 Å². The van der Waals surface area contributed by atoms with Gasteiger partial charge in [0.25, 0.3) is 5.56 Å². The van der Waals surface area contributed by atoms with Gasteiger partial charge in [-0.2, -0.15) is 0 Å². The summed E-state index contributed by atoms with van der Waals surface area (Å²) in [5, 5.41) is 9.28. The number of amides is 1. The SMILES string of the molecule is CC(=O)N1[C@H](CO)CC[C@@H]1n1cc(C)c(=O)[nH]c1=O. The first kappa shape index (κ1) is 13.5. The lowest BCUT2D eigenvalue weighted by atomic mass is 10.2. The van der Waals surface area contributed by atoms with Gasteiger partial charge in [-0.1, -0.05) is 0 Å². The fraction of sp³-hybridized carbons (Fsp3) is 0.583. The second kappa shape index (κ2) is 5.00. The molecule has 1 amide bonds. The minimum atomic E-state index is -0.537. The van der Waals surface area contributed by atoms with Gasteiger partial charge in [-0.3, -0.25) is 19.1 Å². The summed E-state index contributed by atoms with van der Waals surface area (Å²) in [6.45, 7) is 2.88. The van der Waals surface area contributed by atoms with Gasteiger partial charge in [0.2, 0.25) is 5.91 Å². The molecule has 2 N–H and O–H groups in total. The Kier molecular flexibility index (Phi) is 3.57. The number of nitrogens with zero attached hydrogens (tertiary/aromatic N) is 2. The number of rotatable bonds is 2. The number of nitrogens with one attached hydrogen (secondary N) is 1. The van der Waals surface area contributed by atoms with Crippen molar-refractivity contribution in [2.75, 3.05) is 6.61 Å². The number of aromatic nitrogens is 2. The third kappa shape index (κ3) is 2.33. The third-order valence-electron chi connectivity index (χ3n) is 3.51.